The van der Waals surface area contributed by atoms with E-state index < -0.39 is 15.4 Å². The zero-order valence-corrected chi connectivity index (χ0v) is 18.4. The summed E-state index contributed by atoms with van der Waals surface area (Å²) in [5, 5.41) is 9.21. The molecule has 1 aromatic rings. The largest absolute Gasteiger partial charge is 0.354 e. The Bertz CT molecular complexity index is 979. The number of nitrogens with one attached hydrogen (secondary N) is 1. The quantitative estimate of drug-likeness (QED) is 0.731. The van der Waals surface area contributed by atoms with Crippen LogP contribution in [0, 0.1) is 34.0 Å². The molecule has 0 spiro atoms. The van der Waals surface area contributed by atoms with Gasteiger partial charge in [-0.3, -0.25) is 4.79 Å². The molecule has 8 nitrogen and oxygen atoms in total. The molecule has 0 aromatic carbocycles. The van der Waals surface area contributed by atoms with E-state index in [0.717, 1.165) is 19.3 Å². The number of rotatable bonds is 6. The van der Waals surface area contributed by atoms with Crippen LogP contribution in [0.3, 0.4) is 0 Å². The summed E-state index contributed by atoms with van der Waals surface area (Å²) in [4.78, 5) is 23.0. The fourth-order valence-corrected chi connectivity index (χ4v) is 7.64. The van der Waals surface area contributed by atoms with Gasteiger partial charge in [0.2, 0.25) is 10.0 Å². The lowest BCUT2D eigenvalue weighted by Gasteiger charge is -2.36. The molecule has 3 fully saturated rings. The molecule has 2 heterocycles. The van der Waals surface area contributed by atoms with Gasteiger partial charge in [0.15, 0.2) is 11.5 Å². The molecule has 1 aliphatic heterocycles. The van der Waals surface area contributed by atoms with Crippen LogP contribution in [-0.2, 0) is 14.8 Å². The van der Waals surface area contributed by atoms with Crippen molar-refractivity contribution in [1.29, 1.82) is 5.26 Å². The maximum atomic E-state index is 12.9. The number of nitriles is 1. The standard InChI is InChI=1S/C21H29N5O3S/c1-20(2)16-3-6-21(20,18(27)11-16)14-30(28,29)25-13-15-4-9-26(10-5-15)19-17(12-22)23-7-8-24-19/h7-8,15-16,25H,3-6,9-11,13-14H2,1-2H3. The van der Waals surface area contributed by atoms with E-state index >= 15 is 0 Å². The van der Waals surface area contributed by atoms with Gasteiger partial charge in [-0.1, -0.05) is 13.8 Å². The average Bonchev–Trinajstić information content (AvgIpc) is 3.07. The molecule has 2 atom stereocenters. The van der Waals surface area contributed by atoms with Crippen LogP contribution in [-0.4, -0.2) is 49.6 Å². The van der Waals surface area contributed by atoms with Crippen LogP contribution in [0.15, 0.2) is 12.4 Å². The smallest absolute Gasteiger partial charge is 0.212 e. The molecule has 3 aliphatic rings. The van der Waals surface area contributed by atoms with Gasteiger partial charge in [0.05, 0.1) is 5.75 Å². The van der Waals surface area contributed by atoms with Gasteiger partial charge >= 0.3 is 0 Å². The summed E-state index contributed by atoms with van der Waals surface area (Å²) >= 11 is 0. The highest BCUT2D eigenvalue weighted by atomic mass is 32.2. The number of ketones is 1. The molecule has 4 rings (SSSR count). The van der Waals surface area contributed by atoms with Crippen molar-refractivity contribution in [3.8, 4) is 6.07 Å². The molecular formula is C21H29N5O3S. The van der Waals surface area contributed by atoms with Gasteiger partial charge in [-0.25, -0.2) is 23.1 Å². The van der Waals surface area contributed by atoms with Crippen molar-refractivity contribution in [2.24, 2.45) is 22.7 Å². The van der Waals surface area contributed by atoms with Crippen molar-refractivity contribution in [2.75, 3.05) is 30.3 Å². The van der Waals surface area contributed by atoms with Gasteiger partial charge in [0, 0.05) is 43.9 Å². The molecule has 1 aromatic heterocycles. The van der Waals surface area contributed by atoms with E-state index in [9.17, 15) is 18.5 Å². The van der Waals surface area contributed by atoms with Gasteiger partial charge in [0.25, 0.3) is 0 Å². The van der Waals surface area contributed by atoms with Crippen molar-refractivity contribution in [2.45, 2.75) is 46.0 Å². The van der Waals surface area contributed by atoms with E-state index in [4.69, 9.17) is 0 Å². The van der Waals surface area contributed by atoms with Crippen LogP contribution in [0.4, 0.5) is 5.82 Å². The van der Waals surface area contributed by atoms with Crippen LogP contribution >= 0.6 is 0 Å². The molecule has 2 saturated carbocycles. The van der Waals surface area contributed by atoms with Gasteiger partial charge in [-0.2, -0.15) is 5.26 Å². The first kappa shape index (κ1) is 21.2. The van der Waals surface area contributed by atoms with E-state index in [1.54, 1.807) is 6.20 Å². The van der Waals surface area contributed by atoms with Crippen LogP contribution in [0.1, 0.15) is 51.6 Å². The van der Waals surface area contributed by atoms with Crippen molar-refractivity contribution in [3.63, 3.8) is 0 Å². The summed E-state index contributed by atoms with van der Waals surface area (Å²) in [6.07, 6.45) is 6.85. The van der Waals surface area contributed by atoms with Crippen molar-refractivity contribution < 1.29 is 13.2 Å². The summed E-state index contributed by atoms with van der Waals surface area (Å²) in [5.74, 6) is 1.16. The number of Topliss-reactive ketones (excluding diaryl/α,β-unsaturated/α-hetero) is 1. The fourth-order valence-electron chi connectivity index (χ4n) is 5.72. The Morgan fingerprint density at radius 2 is 1.93 bits per heavy atom. The highest BCUT2D eigenvalue weighted by molar-refractivity contribution is 7.89. The molecule has 30 heavy (non-hydrogen) atoms. The van der Waals surface area contributed by atoms with Crippen LogP contribution in [0.5, 0.6) is 0 Å². The highest BCUT2D eigenvalue weighted by Gasteiger charge is 2.65. The molecule has 2 aliphatic carbocycles. The monoisotopic (exact) mass is 431 g/mol. The van der Waals surface area contributed by atoms with Crippen molar-refractivity contribution in [1.82, 2.24) is 14.7 Å². The van der Waals surface area contributed by atoms with E-state index in [2.05, 4.69) is 34.6 Å². The lowest BCUT2D eigenvalue weighted by Crippen LogP contribution is -2.46. The minimum Gasteiger partial charge on any atom is -0.354 e. The number of hydrogen-bond donors (Lipinski definition) is 1. The van der Waals surface area contributed by atoms with Crippen LogP contribution in [0.25, 0.3) is 0 Å². The molecule has 9 heteroatoms. The predicted molar refractivity (Wildman–Crippen MR) is 112 cm³/mol. The maximum absolute atomic E-state index is 12.9. The number of nitrogens with zero attached hydrogens (tertiary/aromatic N) is 4. The van der Waals surface area contributed by atoms with E-state index in [0.29, 0.717) is 49.9 Å². The minimum absolute atomic E-state index is 0.0910. The predicted octanol–water partition coefficient (Wildman–Crippen LogP) is 1.88. The Morgan fingerprint density at radius 1 is 1.23 bits per heavy atom. The maximum Gasteiger partial charge on any atom is 0.212 e. The van der Waals surface area contributed by atoms with Crippen molar-refractivity contribution in [3.05, 3.63) is 18.1 Å². The summed E-state index contributed by atoms with van der Waals surface area (Å²) in [7, 11) is -3.54. The Labute approximate surface area is 178 Å². The molecule has 2 unspecified atom stereocenters. The average molecular weight is 432 g/mol. The second-order valence-corrected chi connectivity index (χ2v) is 11.4. The molecule has 0 radical (unpaired) electrons. The second-order valence-electron chi connectivity index (χ2n) is 9.55. The number of fused-ring (bicyclic) bond motifs is 2. The number of aromatic nitrogens is 2. The summed E-state index contributed by atoms with van der Waals surface area (Å²) in [6.45, 7) is 5.91. The molecule has 0 amide bonds. The van der Waals surface area contributed by atoms with Crippen molar-refractivity contribution >= 4 is 21.6 Å². The number of hydrogen-bond acceptors (Lipinski definition) is 7. The first-order valence-corrected chi connectivity index (χ1v) is 12.3. The Morgan fingerprint density at radius 3 is 2.53 bits per heavy atom. The SMILES string of the molecule is CC1(C)C2CCC1(CS(=O)(=O)NCC1CCN(c3nccnc3C#N)CC1)C(=O)C2. The Kier molecular flexibility index (Phi) is 5.35. The lowest BCUT2D eigenvalue weighted by atomic mass is 9.70. The second kappa shape index (κ2) is 7.57. The number of anilines is 1. The lowest BCUT2D eigenvalue weighted by molar-refractivity contribution is -0.128. The summed E-state index contributed by atoms with van der Waals surface area (Å²) in [6, 6.07) is 2.07. The molecular weight excluding hydrogens is 402 g/mol. The Hall–Kier alpha value is -2.05. The van der Waals surface area contributed by atoms with Gasteiger partial charge in [0.1, 0.15) is 11.9 Å². The van der Waals surface area contributed by atoms with Gasteiger partial charge in [-0.05, 0) is 42.9 Å². The number of piperidine rings is 1. The third-order valence-corrected chi connectivity index (χ3v) is 9.35. The minimum atomic E-state index is -3.54. The summed E-state index contributed by atoms with van der Waals surface area (Å²) < 4.78 is 28.6. The van der Waals surface area contributed by atoms with Gasteiger partial charge < -0.3 is 4.90 Å². The molecule has 1 saturated heterocycles. The van der Waals surface area contributed by atoms with E-state index in [-0.39, 0.29) is 22.9 Å². The molecule has 1 N–H and O–H groups in total. The van der Waals surface area contributed by atoms with Crippen LogP contribution < -0.4 is 9.62 Å². The third-order valence-electron chi connectivity index (χ3n) is 7.87. The van der Waals surface area contributed by atoms with Crippen LogP contribution in [0.2, 0.25) is 0 Å². The first-order valence-electron chi connectivity index (χ1n) is 10.7. The third kappa shape index (κ3) is 3.50. The molecule has 162 valence electrons. The number of carbonyl (C=O) groups is 1. The number of sulfonamides is 1. The fraction of sp³-hybridized carbons (Fsp3) is 0.714. The topological polar surface area (TPSA) is 116 Å². The zero-order chi connectivity index (χ0) is 21.6. The van der Waals surface area contributed by atoms with E-state index in [1.165, 1.54) is 6.20 Å². The zero-order valence-electron chi connectivity index (χ0n) is 17.6. The molecule has 2 bridgehead atoms. The highest BCUT2D eigenvalue weighted by Crippen LogP contribution is 2.64. The summed E-state index contributed by atoms with van der Waals surface area (Å²) in [5.41, 5.74) is -0.666. The van der Waals surface area contributed by atoms with Gasteiger partial charge in [-0.15, -0.1) is 0 Å². The first-order chi connectivity index (χ1) is 14.2. The number of carbonyl (C=O) groups excluding carboxylic acids is 1. The van der Waals surface area contributed by atoms with E-state index in [1.807, 2.05) is 4.90 Å². The Balaban J connectivity index is 1.34. The normalized spacial score (nSPS) is 28.6.